The number of thiophene rings is 1. The van der Waals surface area contributed by atoms with Crippen LogP contribution >= 0.6 is 27.3 Å². The maximum absolute atomic E-state index is 12.5. The first kappa shape index (κ1) is 11.1. The van der Waals surface area contributed by atoms with Gasteiger partial charge in [-0.2, -0.15) is 0 Å². The van der Waals surface area contributed by atoms with Gasteiger partial charge in [0.1, 0.15) is 0 Å². The first-order chi connectivity index (χ1) is 6.07. The second-order valence-electron chi connectivity index (χ2n) is 2.77. The highest BCUT2D eigenvalue weighted by molar-refractivity contribution is 9.10. The molecule has 1 atom stereocenters. The summed E-state index contributed by atoms with van der Waals surface area (Å²) in [5, 5.41) is 1.85. The lowest BCUT2D eigenvalue weighted by Crippen LogP contribution is -2.18. The number of nitrogens with two attached hydrogens (primary N) is 1. The highest BCUT2D eigenvalue weighted by Gasteiger charge is 2.24. The van der Waals surface area contributed by atoms with Gasteiger partial charge in [0.15, 0.2) is 0 Å². The van der Waals surface area contributed by atoms with E-state index < -0.39 is 12.3 Å². The number of rotatable bonds is 3. The molecule has 0 bridgehead atoms. The van der Waals surface area contributed by atoms with Crippen LogP contribution in [0.2, 0.25) is 0 Å². The van der Waals surface area contributed by atoms with Gasteiger partial charge in [0.2, 0.25) is 6.43 Å². The third kappa shape index (κ3) is 2.27. The SMILES string of the molecule is Cc1csc(C(CN)C(F)F)c1Br. The molecular formula is C8H10BrF2NS. The monoisotopic (exact) mass is 269 g/mol. The van der Waals surface area contributed by atoms with Crippen molar-refractivity contribution in [1.29, 1.82) is 0 Å². The Morgan fingerprint density at radius 2 is 2.23 bits per heavy atom. The van der Waals surface area contributed by atoms with Crippen LogP contribution in [-0.4, -0.2) is 13.0 Å². The average molecular weight is 270 g/mol. The summed E-state index contributed by atoms with van der Waals surface area (Å²) < 4.78 is 25.7. The van der Waals surface area contributed by atoms with Crippen molar-refractivity contribution in [3.05, 3.63) is 20.3 Å². The fourth-order valence-corrected chi connectivity index (χ4v) is 2.92. The van der Waals surface area contributed by atoms with E-state index in [1.807, 2.05) is 12.3 Å². The molecule has 0 saturated heterocycles. The molecule has 74 valence electrons. The highest BCUT2D eigenvalue weighted by Crippen LogP contribution is 2.36. The lowest BCUT2D eigenvalue weighted by Gasteiger charge is -2.12. The quantitative estimate of drug-likeness (QED) is 0.897. The van der Waals surface area contributed by atoms with Crippen LogP contribution in [0.4, 0.5) is 8.78 Å². The second kappa shape index (κ2) is 4.48. The Hall–Kier alpha value is -0.0000000000000000555. The van der Waals surface area contributed by atoms with E-state index in [-0.39, 0.29) is 6.54 Å². The Kier molecular flexibility index (Phi) is 3.82. The summed E-state index contributed by atoms with van der Waals surface area (Å²) in [7, 11) is 0. The minimum atomic E-state index is -2.39. The van der Waals surface area contributed by atoms with Crippen LogP contribution in [-0.2, 0) is 0 Å². The number of aryl methyl sites for hydroxylation is 1. The molecule has 5 heteroatoms. The van der Waals surface area contributed by atoms with E-state index in [1.165, 1.54) is 11.3 Å². The zero-order valence-electron chi connectivity index (χ0n) is 7.06. The van der Waals surface area contributed by atoms with Crippen LogP contribution in [0.25, 0.3) is 0 Å². The van der Waals surface area contributed by atoms with E-state index in [1.54, 1.807) is 0 Å². The maximum Gasteiger partial charge on any atom is 0.247 e. The van der Waals surface area contributed by atoms with E-state index in [2.05, 4.69) is 15.9 Å². The first-order valence-electron chi connectivity index (χ1n) is 3.79. The van der Waals surface area contributed by atoms with Gasteiger partial charge in [0.05, 0.1) is 5.92 Å². The molecule has 1 rings (SSSR count). The number of halogens is 3. The van der Waals surface area contributed by atoms with Crippen molar-refractivity contribution in [2.45, 2.75) is 19.3 Å². The van der Waals surface area contributed by atoms with Gasteiger partial charge >= 0.3 is 0 Å². The summed E-state index contributed by atoms with van der Waals surface area (Å²) in [5.41, 5.74) is 6.27. The van der Waals surface area contributed by atoms with Gasteiger partial charge in [0, 0.05) is 15.9 Å². The molecule has 1 nitrogen and oxygen atoms in total. The minimum absolute atomic E-state index is 0.0176. The van der Waals surface area contributed by atoms with E-state index in [0.29, 0.717) is 4.88 Å². The third-order valence-electron chi connectivity index (χ3n) is 1.82. The van der Waals surface area contributed by atoms with Crippen LogP contribution < -0.4 is 5.73 Å². The fourth-order valence-electron chi connectivity index (χ4n) is 1.02. The Balaban J connectivity index is 2.98. The maximum atomic E-state index is 12.5. The lowest BCUT2D eigenvalue weighted by atomic mass is 10.1. The van der Waals surface area contributed by atoms with Crippen LogP contribution in [0.1, 0.15) is 16.4 Å². The molecule has 0 aliphatic carbocycles. The molecule has 0 aliphatic heterocycles. The summed E-state index contributed by atoms with van der Waals surface area (Å²) in [6.45, 7) is 1.86. The predicted molar refractivity (Wildman–Crippen MR) is 54.6 cm³/mol. The van der Waals surface area contributed by atoms with Crippen LogP contribution in [0.15, 0.2) is 9.85 Å². The van der Waals surface area contributed by atoms with Crippen molar-refractivity contribution in [2.75, 3.05) is 6.54 Å². The second-order valence-corrected chi connectivity index (χ2v) is 4.48. The van der Waals surface area contributed by atoms with Crippen molar-refractivity contribution in [3.63, 3.8) is 0 Å². The smallest absolute Gasteiger partial charge is 0.247 e. The van der Waals surface area contributed by atoms with E-state index in [9.17, 15) is 8.78 Å². The molecule has 1 aromatic heterocycles. The molecule has 0 aromatic carbocycles. The van der Waals surface area contributed by atoms with E-state index >= 15 is 0 Å². The molecule has 1 aromatic rings. The number of hydrogen-bond donors (Lipinski definition) is 1. The summed E-state index contributed by atoms with van der Waals surface area (Å²) in [5.74, 6) is -0.840. The molecule has 1 unspecified atom stereocenters. The molecule has 0 spiro atoms. The molecule has 0 radical (unpaired) electrons. The molecule has 0 fully saturated rings. The predicted octanol–water partition coefficient (Wildman–Crippen LogP) is 3.13. The summed E-state index contributed by atoms with van der Waals surface area (Å²) in [6, 6.07) is 0. The Morgan fingerprint density at radius 1 is 1.62 bits per heavy atom. The molecule has 2 N–H and O–H groups in total. The third-order valence-corrected chi connectivity index (χ3v) is 4.37. The van der Waals surface area contributed by atoms with Crippen molar-refractivity contribution >= 4 is 27.3 Å². The fraction of sp³-hybridized carbons (Fsp3) is 0.500. The largest absolute Gasteiger partial charge is 0.330 e. The molecule has 0 aliphatic rings. The van der Waals surface area contributed by atoms with Gasteiger partial charge < -0.3 is 5.73 Å². The molecule has 1 heterocycles. The zero-order valence-corrected chi connectivity index (χ0v) is 9.46. The standard InChI is InChI=1S/C8H10BrF2NS/c1-4-3-13-7(6(4)9)5(2-12)8(10)11/h3,5,8H,2,12H2,1H3. The lowest BCUT2D eigenvalue weighted by molar-refractivity contribution is 0.118. The molecule has 0 amide bonds. The Morgan fingerprint density at radius 3 is 2.54 bits per heavy atom. The van der Waals surface area contributed by atoms with Crippen molar-refractivity contribution in [2.24, 2.45) is 5.73 Å². The zero-order chi connectivity index (χ0) is 10.0. The van der Waals surface area contributed by atoms with E-state index in [4.69, 9.17) is 5.73 Å². The van der Waals surface area contributed by atoms with Gasteiger partial charge in [-0.3, -0.25) is 0 Å². The topological polar surface area (TPSA) is 26.0 Å². The Labute approximate surface area is 88.1 Å². The van der Waals surface area contributed by atoms with Crippen LogP contribution in [0, 0.1) is 6.92 Å². The minimum Gasteiger partial charge on any atom is -0.330 e. The van der Waals surface area contributed by atoms with Gasteiger partial charge in [0.25, 0.3) is 0 Å². The first-order valence-corrected chi connectivity index (χ1v) is 5.47. The summed E-state index contributed by atoms with van der Waals surface area (Å²) >= 11 is 4.61. The summed E-state index contributed by atoms with van der Waals surface area (Å²) in [6.07, 6.45) is -2.39. The number of alkyl halides is 2. The van der Waals surface area contributed by atoms with Gasteiger partial charge in [-0.15, -0.1) is 11.3 Å². The van der Waals surface area contributed by atoms with Crippen LogP contribution in [0.5, 0.6) is 0 Å². The van der Waals surface area contributed by atoms with Gasteiger partial charge in [-0.05, 0) is 33.8 Å². The van der Waals surface area contributed by atoms with Gasteiger partial charge in [-0.1, -0.05) is 0 Å². The molecular weight excluding hydrogens is 260 g/mol. The van der Waals surface area contributed by atoms with Crippen molar-refractivity contribution in [3.8, 4) is 0 Å². The van der Waals surface area contributed by atoms with Crippen molar-refractivity contribution < 1.29 is 8.78 Å². The van der Waals surface area contributed by atoms with Crippen LogP contribution in [0.3, 0.4) is 0 Å². The molecule has 13 heavy (non-hydrogen) atoms. The highest BCUT2D eigenvalue weighted by atomic mass is 79.9. The number of hydrogen-bond acceptors (Lipinski definition) is 2. The van der Waals surface area contributed by atoms with E-state index in [0.717, 1.165) is 10.0 Å². The summed E-state index contributed by atoms with van der Waals surface area (Å²) in [4.78, 5) is 0.648. The molecule has 0 saturated carbocycles. The average Bonchev–Trinajstić information content (AvgIpc) is 2.37. The van der Waals surface area contributed by atoms with Gasteiger partial charge in [-0.25, -0.2) is 8.78 Å². The Bertz CT molecular complexity index is 288. The normalized spacial score (nSPS) is 13.7. The van der Waals surface area contributed by atoms with Crippen molar-refractivity contribution in [1.82, 2.24) is 0 Å².